The molecule has 0 saturated carbocycles. The van der Waals surface area contributed by atoms with Crippen molar-refractivity contribution >= 4 is 39.8 Å². The smallest absolute Gasteiger partial charge is 0.289 e. The summed E-state index contributed by atoms with van der Waals surface area (Å²) in [6.45, 7) is 0. The summed E-state index contributed by atoms with van der Waals surface area (Å²) in [4.78, 5) is 16.8. The van der Waals surface area contributed by atoms with Crippen molar-refractivity contribution in [3.63, 3.8) is 0 Å². The first-order valence-electron chi connectivity index (χ1n) is 6.99. The number of nitrogens with one attached hydrogen (secondary N) is 1. The van der Waals surface area contributed by atoms with Crippen LogP contribution in [0.3, 0.4) is 0 Å². The Hall–Kier alpha value is -2.38. The Bertz CT molecular complexity index is 851. The molecule has 0 fully saturated rings. The molecule has 120 valence electrons. The average molecular weight is 402 g/mol. The van der Waals surface area contributed by atoms with Gasteiger partial charge in [-0.1, -0.05) is 36.0 Å². The van der Waals surface area contributed by atoms with Crippen molar-refractivity contribution in [3.8, 4) is 0 Å². The molecule has 1 aromatic carbocycles. The van der Waals surface area contributed by atoms with Gasteiger partial charge in [-0.3, -0.25) is 9.78 Å². The van der Waals surface area contributed by atoms with Crippen LogP contribution < -0.4 is 5.43 Å². The maximum Gasteiger partial charge on any atom is 0.289 e. The second-order valence-corrected chi connectivity index (χ2v) is 6.51. The second kappa shape index (κ2) is 7.94. The SMILES string of the molecule is O=C(N/N=C\c1cc(Br)c(Sc2ccccc2)o1)c1ccccn1. The Balaban J connectivity index is 1.64. The molecule has 0 unspecified atom stereocenters. The average Bonchev–Trinajstić information content (AvgIpc) is 2.96. The number of carbonyl (C=O) groups excluding carboxylic acids is 1. The number of hydrogen-bond donors (Lipinski definition) is 1. The van der Waals surface area contributed by atoms with Gasteiger partial charge in [0.1, 0.15) is 11.5 Å². The van der Waals surface area contributed by atoms with Crippen molar-refractivity contribution in [2.75, 3.05) is 0 Å². The van der Waals surface area contributed by atoms with Gasteiger partial charge in [-0.05, 0) is 40.2 Å². The minimum Gasteiger partial charge on any atom is -0.447 e. The van der Waals surface area contributed by atoms with Gasteiger partial charge in [0.05, 0.1) is 10.7 Å². The summed E-state index contributed by atoms with van der Waals surface area (Å²) >= 11 is 4.96. The third-order valence-electron chi connectivity index (χ3n) is 2.88. The van der Waals surface area contributed by atoms with Crippen molar-refractivity contribution in [3.05, 3.63) is 76.7 Å². The molecule has 1 N–H and O–H groups in total. The van der Waals surface area contributed by atoms with E-state index in [4.69, 9.17) is 4.42 Å². The van der Waals surface area contributed by atoms with Gasteiger partial charge in [-0.25, -0.2) is 5.43 Å². The zero-order chi connectivity index (χ0) is 16.8. The number of furan rings is 1. The summed E-state index contributed by atoms with van der Waals surface area (Å²) < 4.78 is 6.53. The van der Waals surface area contributed by atoms with Crippen LogP contribution in [0.25, 0.3) is 0 Å². The van der Waals surface area contributed by atoms with Crippen molar-refractivity contribution in [2.24, 2.45) is 5.10 Å². The van der Waals surface area contributed by atoms with E-state index in [1.165, 1.54) is 18.0 Å². The number of halogens is 1. The summed E-state index contributed by atoms with van der Waals surface area (Å²) in [6.07, 6.45) is 3.00. The zero-order valence-electron chi connectivity index (χ0n) is 12.3. The molecular weight excluding hydrogens is 390 g/mol. The molecule has 0 bridgehead atoms. The number of nitrogens with zero attached hydrogens (tertiary/aromatic N) is 2. The number of hydrogen-bond acceptors (Lipinski definition) is 5. The van der Waals surface area contributed by atoms with Crippen molar-refractivity contribution in [2.45, 2.75) is 9.99 Å². The maximum atomic E-state index is 11.8. The third kappa shape index (κ3) is 4.33. The van der Waals surface area contributed by atoms with Crippen LogP contribution in [0.15, 0.2) is 84.8 Å². The van der Waals surface area contributed by atoms with Gasteiger partial charge >= 0.3 is 0 Å². The number of rotatable bonds is 5. The Morgan fingerprint density at radius 1 is 1.21 bits per heavy atom. The molecule has 5 nitrogen and oxygen atoms in total. The number of hydrazone groups is 1. The molecule has 0 spiro atoms. The molecule has 1 amide bonds. The molecule has 24 heavy (non-hydrogen) atoms. The standard InChI is InChI=1S/C17H12BrN3O2S/c18-14-10-12(23-17(14)24-13-6-2-1-3-7-13)11-20-21-16(22)15-8-4-5-9-19-15/h1-11H,(H,21,22)/b20-11-. The monoisotopic (exact) mass is 401 g/mol. The Morgan fingerprint density at radius 3 is 2.75 bits per heavy atom. The Morgan fingerprint density at radius 2 is 2.00 bits per heavy atom. The lowest BCUT2D eigenvalue weighted by atomic mass is 10.3. The number of aromatic nitrogens is 1. The van der Waals surface area contributed by atoms with E-state index in [9.17, 15) is 4.79 Å². The first-order chi connectivity index (χ1) is 11.7. The van der Waals surface area contributed by atoms with Crippen molar-refractivity contribution < 1.29 is 9.21 Å². The van der Waals surface area contributed by atoms with E-state index < -0.39 is 0 Å². The summed E-state index contributed by atoms with van der Waals surface area (Å²) in [5.74, 6) is 0.151. The molecule has 7 heteroatoms. The first-order valence-corrected chi connectivity index (χ1v) is 8.60. The van der Waals surface area contributed by atoms with Crippen LogP contribution in [-0.2, 0) is 0 Å². The van der Waals surface area contributed by atoms with E-state index in [2.05, 4.69) is 31.4 Å². The van der Waals surface area contributed by atoms with E-state index in [1.807, 2.05) is 30.3 Å². The van der Waals surface area contributed by atoms with Gasteiger partial charge in [-0.2, -0.15) is 5.10 Å². The molecule has 2 aromatic heterocycles. The quantitative estimate of drug-likeness (QED) is 0.509. The fourth-order valence-corrected chi connectivity index (χ4v) is 3.16. The summed E-state index contributed by atoms with van der Waals surface area (Å²) in [5.41, 5.74) is 2.71. The van der Waals surface area contributed by atoms with Gasteiger partial charge in [-0.15, -0.1) is 0 Å². The van der Waals surface area contributed by atoms with Crippen LogP contribution >= 0.6 is 27.7 Å². The molecule has 0 radical (unpaired) electrons. The largest absolute Gasteiger partial charge is 0.447 e. The van der Waals surface area contributed by atoms with Crippen LogP contribution in [0.4, 0.5) is 0 Å². The van der Waals surface area contributed by atoms with Gasteiger partial charge in [0, 0.05) is 17.2 Å². The highest BCUT2D eigenvalue weighted by Gasteiger charge is 2.10. The van der Waals surface area contributed by atoms with E-state index in [0.717, 1.165) is 14.5 Å². The van der Waals surface area contributed by atoms with Gasteiger partial charge in [0.25, 0.3) is 5.91 Å². The molecule has 2 heterocycles. The Labute approximate surface area is 151 Å². The molecule has 0 aliphatic rings. The molecule has 0 aliphatic carbocycles. The number of pyridine rings is 1. The van der Waals surface area contributed by atoms with E-state index >= 15 is 0 Å². The number of carbonyl (C=O) groups is 1. The summed E-state index contributed by atoms with van der Waals surface area (Å²) in [5, 5.41) is 4.61. The summed E-state index contributed by atoms with van der Waals surface area (Å²) in [6, 6.07) is 16.8. The fraction of sp³-hybridized carbons (Fsp3) is 0. The van der Waals surface area contributed by atoms with Crippen molar-refractivity contribution in [1.82, 2.24) is 10.4 Å². The predicted molar refractivity (Wildman–Crippen MR) is 96.3 cm³/mol. The third-order valence-corrected chi connectivity index (χ3v) is 4.73. The van der Waals surface area contributed by atoms with Crippen LogP contribution in [0.2, 0.25) is 0 Å². The van der Waals surface area contributed by atoms with Crippen LogP contribution in [-0.4, -0.2) is 17.1 Å². The minimum atomic E-state index is -0.378. The molecule has 0 aliphatic heterocycles. The predicted octanol–water partition coefficient (Wildman–Crippen LogP) is 4.35. The highest BCUT2D eigenvalue weighted by molar-refractivity contribution is 9.10. The molecular formula is C17H12BrN3O2S. The van der Waals surface area contributed by atoms with Crippen LogP contribution in [0.5, 0.6) is 0 Å². The second-order valence-electron chi connectivity index (χ2n) is 4.61. The molecule has 3 aromatic rings. The first kappa shape index (κ1) is 16.5. The topological polar surface area (TPSA) is 67.5 Å². The molecule has 0 saturated heterocycles. The lowest BCUT2D eigenvalue weighted by Gasteiger charge is -1.98. The van der Waals surface area contributed by atoms with Crippen LogP contribution in [0.1, 0.15) is 16.2 Å². The lowest BCUT2D eigenvalue weighted by Crippen LogP contribution is -2.18. The normalized spacial score (nSPS) is 10.9. The van der Waals surface area contributed by atoms with Crippen molar-refractivity contribution in [1.29, 1.82) is 0 Å². The zero-order valence-corrected chi connectivity index (χ0v) is 14.8. The Kier molecular flexibility index (Phi) is 5.45. The number of benzene rings is 1. The van der Waals surface area contributed by atoms with Gasteiger partial charge in [0.2, 0.25) is 0 Å². The number of amides is 1. The molecule has 3 rings (SSSR count). The maximum absolute atomic E-state index is 11.8. The van der Waals surface area contributed by atoms with Crippen LogP contribution in [0, 0.1) is 0 Å². The van der Waals surface area contributed by atoms with E-state index in [1.54, 1.807) is 30.5 Å². The highest BCUT2D eigenvalue weighted by Crippen LogP contribution is 2.35. The summed E-state index contributed by atoms with van der Waals surface area (Å²) in [7, 11) is 0. The van der Waals surface area contributed by atoms with E-state index in [-0.39, 0.29) is 5.91 Å². The minimum absolute atomic E-state index is 0.301. The fourth-order valence-electron chi connectivity index (χ4n) is 1.81. The lowest BCUT2D eigenvalue weighted by molar-refractivity contribution is 0.0950. The highest BCUT2D eigenvalue weighted by atomic mass is 79.9. The molecule has 0 atom stereocenters. The van der Waals surface area contributed by atoms with Gasteiger partial charge < -0.3 is 4.42 Å². The van der Waals surface area contributed by atoms with Gasteiger partial charge in [0.15, 0.2) is 5.09 Å². The van der Waals surface area contributed by atoms with E-state index in [0.29, 0.717) is 11.5 Å².